The first-order valence-electron chi connectivity index (χ1n) is 6.47. The molecule has 0 fully saturated rings. The molecule has 2 aromatic heterocycles. The van der Waals surface area contributed by atoms with Crippen LogP contribution in [0.5, 0.6) is 0 Å². The predicted molar refractivity (Wildman–Crippen MR) is 76.1 cm³/mol. The number of hydrogen-bond donors (Lipinski definition) is 2. The summed E-state index contributed by atoms with van der Waals surface area (Å²) in [6.45, 7) is 4.61. The maximum Gasteiger partial charge on any atom is 0.241 e. The van der Waals surface area contributed by atoms with Crippen LogP contribution in [0.3, 0.4) is 0 Å². The third-order valence-corrected chi connectivity index (χ3v) is 2.92. The van der Waals surface area contributed by atoms with Crippen LogP contribution in [0, 0.1) is 0 Å². The van der Waals surface area contributed by atoms with E-state index >= 15 is 0 Å². The van der Waals surface area contributed by atoms with Gasteiger partial charge >= 0.3 is 0 Å². The third kappa shape index (κ3) is 3.02. The average molecular weight is 277 g/mol. The van der Waals surface area contributed by atoms with Crippen molar-refractivity contribution < 1.29 is 5.11 Å². The Balaban J connectivity index is 2.41. The zero-order valence-electron chi connectivity index (χ0n) is 11.9. The van der Waals surface area contributed by atoms with Crippen molar-refractivity contribution in [2.45, 2.75) is 19.9 Å². The highest BCUT2D eigenvalue weighted by Gasteiger charge is 2.15. The molecular formula is C12H19N7O. The van der Waals surface area contributed by atoms with Crippen molar-refractivity contribution in [1.82, 2.24) is 24.5 Å². The van der Waals surface area contributed by atoms with Gasteiger partial charge in [0.15, 0.2) is 0 Å². The van der Waals surface area contributed by atoms with Crippen molar-refractivity contribution >= 4 is 11.9 Å². The van der Waals surface area contributed by atoms with Crippen LogP contribution in [0.2, 0.25) is 0 Å². The molecule has 0 saturated carbocycles. The Morgan fingerprint density at radius 2 is 2.20 bits per heavy atom. The molecule has 0 aliphatic rings. The Bertz CT molecular complexity index is 543. The second kappa shape index (κ2) is 6.29. The maximum atomic E-state index is 9.25. The van der Waals surface area contributed by atoms with E-state index in [9.17, 15) is 5.11 Å². The number of nitrogens with zero attached hydrogens (tertiary/aromatic N) is 6. The van der Waals surface area contributed by atoms with Crippen molar-refractivity contribution in [2.75, 3.05) is 30.4 Å². The fourth-order valence-electron chi connectivity index (χ4n) is 1.56. The van der Waals surface area contributed by atoms with Crippen molar-refractivity contribution in [2.24, 2.45) is 0 Å². The fourth-order valence-corrected chi connectivity index (χ4v) is 1.56. The normalized spacial score (nSPS) is 12.2. The Hall–Kier alpha value is -2.22. The zero-order valence-corrected chi connectivity index (χ0v) is 11.9. The molecule has 2 rings (SSSR count). The Morgan fingerprint density at radius 3 is 2.80 bits per heavy atom. The summed E-state index contributed by atoms with van der Waals surface area (Å²) in [6.07, 6.45) is 5.06. The molecule has 0 saturated heterocycles. The number of nitrogens with one attached hydrogen (secondary N) is 1. The van der Waals surface area contributed by atoms with Crippen LogP contribution >= 0.6 is 0 Å². The molecule has 0 aliphatic heterocycles. The number of hydrogen-bond acceptors (Lipinski definition) is 7. The Labute approximate surface area is 117 Å². The van der Waals surface area contributed by atoms with Gasteiger partial charge in [0.05, 0.1) is 12.6 Å². The molecular weight excluding hydrogens is 258 g/mol. The zero-order chi connectivity index (χ0) is 14.5. The Morgan fingerprint density at radius 1 is 1.40 bits per heavy atom. The van der Waals surface area contributed by atoms with Gasteiger partial charge in [0.1, 0.15) is 6.33 Å². The lowest BCUT2D eigenvalue weighted by molar-refractivity contribution is 0.269. The second-order valence-electron chi connectivity index (χ2n) is 4.40. The molecule has 2 N–H and O–H groups in total. The highest BCUT2D eigenvalue weighted by Crippen LogP contribution is 2.14. The largest absolute Gasteiger partial charge is 0.394 e. The van der Waals surface area contributed by atoms with Gasteiger partial charge in [0.25, 0.3) is 0 Å². The van der Waals surface area contributed by atoms with Crippen LogP contribution in [0.4, 0.5) is 11.9 Å². The summed E-state index contributed by atoms with van der Waals surface area (Å²) in [4.78, 5) is 18.9. The van der Waals surface area contributed by atoms with Gasteiger partial charge < -0.3 is 15.3 Å². The molecule has 0 aromatic carbocycles. The summed E-state index contributed by atoms with van der Waals surface area (Å²) in [5.74, 6) is 1.49. The molecule has 20 heavy (non-hydrogen) atoms. The second-order valence-corrected chi connectivity index (χ2v) is 4.40. The number of aromatic nitrogens is 5. The van der Waals surface area contributed by atoms with Gasteiger partial charge in [-0.1, -0.05) is 0 Å². The van der Waals surface area contributed by atoms with E-state index < -0.39 is 0 Å². The van der Waals surface area contributed by atoms with Crippen LogP contribution in [-0.4, -0.2) is 55.9 Å². The highest BCUT2D eigenvalue weighted by atomic mass is 16.3. The van der Waals surface area contributed by atoms with Gasteiger partial charge in [0.2, 0.25) is 17.8 Å². The van der Waals surface area contributed by atoms with Gasteiger partial charge in [0, 0.05) is 26.0 Å². The topological polar surface area (TPSA) is 92.0 Å². The van der Waals surface area contributed by atoms with E-state index in [1.807, 2.05) is 25.8 Å². The number of aliphatic hydroxyl groups excluding tert-OH is 1. The number of imidazole rings is 1. The SMILES string of the molecule is CCNc1nc(N(C)C(C)CO)nc(-n2ccnc2)n1. The molecule has 0 aliphatic carbocycles. The Kier molecular flexibility index (Phi) is 4.46. The predicted octanol–water partition coefficient (Wildman–Crippen LogP) is 0.306. The molecule has 108 valence electrons. The monoisotopic (exact) mass is 277 g/mol. The lowest BCUT2D eigenvalue weighted by Gasteiger charge is -2.23. The maximum absolute atomic E-state index is 9.25. The quantitative estimate of drug-likeness (QED) is 0.784. The number of aliphatic hydroxyl groups is 1. The van der Waals surface area contributed by atoms with E-state index in [4.69, 9.17) is 0 Å². The van der Waals surface area contributed by atoms with Gasteiger partial charge in [-0.05, 0) is 13.8 Å². The number of anilines is 2. The average Bonchev–Trinajstić information content (AvgIpc) is 3.00. The molecule has 1 unspecified atom stereocenters. The van der Waals surface area contributed by atoms with E-state index in [0.717, 1.165) is 0 Å². The van der Waals surface area contributed by atoms with Crippen molar-refractivity contribution in [1.29, 1.82) is 0 Å². The van der Waals surface area contributed by atoms with Gasteiger partial charge in [-0.3, -0.25) is 4.57 Å². The molecule has 8 nitrogen and oxygen atoms in total. The first kappa shape index (κ1) is 14.2. The number of likely N-dealkylation sites (N-methyl/N-ethyl adjacent to an activating group) is 1. The molecule has 0 bridgehead atoms. The summed E-state index contributed by atoms with van der Waals surface area (Å²) in [6, 6.07) is -0.0810. The van der Waals surface area contributed by atoms with Crippen LogP contribution < -0.4 is 10.2 Å². The summed E-state index contributed by atoms with van der Waals surface area (Å²) in [7, 11) is 1.84. The van der Waals surface area contributed by atoms with Crippen molar-refractivity contribution in [3.63, 3.8) is 0 Å². The minimum Gasteiger partial charge on any atom is -0.394 e. The van der Waals surface area contributed by atoms with Gasteiger partial charge in [-0.2, -0.15) is 15.0 Å². The van der Waals surface area contributed by atoms with E-state index in [-0.39, 0.29) is 12.6 Å². The first-order valence-corrected chi connectivity index (χ1v) is 6.47. The lowest BCUT2D eigenvalue weighted by atomic mass is 10.3. The van der Waals surface area contributed by atoms with Crippen LogP contribution in [0.15, 0.2) is 18.7 Å². The van der Waals surface area contributed by atoms with E-state index in [0.29, 0.717) is 24.4 Å². The number of rotatable bonds is 6. The molecule has 2 heterocycles. The van der Waals surface area contributed by atoms with E-state index in [2.05, 4.69) is 25.3 Å². The standard InChI is InChI=1S/C12H19N7O/c1-4-14-10-15-11(18(3)9(2)7-20)17-12(16-10)19-6-5-13-8-19/h5-6,8-9,20H,4,7H2,1-3H3,(H,14,15,16,17). The third-order valence-electron chi connectivity index (χ3n) is 2.92. The van der Waals surface area contributed by atoms with E-state index in [1.54, 1.807) is 23.3 Å². The van der Waals surface area contributed by atoms with Crippen molar-refractivity contribution in [3.8, 4) is 5.95 Å². The van der Waals surface area contributed by atoms with Crippen molar-refractivity contribution in [3.05, 3.63) is 18.7 Å². The smallest absolute Gasteiger partial charge is 0.241 e. The summed E-state index contributed by atoms with van der Waals surface area (Å²) in [5.41, 5.74) is 0. The minimum absolute atomic E-state index is 0.0269. The molecule has 0 amide bonds. The molecule has 1 atom stereocenters. The van der Waals surface area contributed by atoms with Gasteiger partial charge in [-0.25, -0.2) is 4.98 Å². The summed E-state index contributed by atoms with van der Waals surface area (Å²) in [5, 5.41) is 12.3. The summed E-state index contributed by atoms with van der Waals surface area (Å²) >= 11 is 0. The fraction of sp³-hybridized carbons (Fsp3) is 0.500. The van der Waals surface area contributed by atoms with Crippen LogP contribution in [-0.2, 0) is 0 Å². The molecule has 2 aromatic rings. The highest BCUT2D eigenvalue weighted by molar-refractivity contribution is 5.40. The van der Waals surface area contributed by atoms with E-state index in [1.165, 1.54) is 0 Å². The van der Waals surface area contributed by atoms with Gasteiger partial charge in [-0.15, -0.1) is 0 Å². The molecule has 8 heteroatoms. The summed E-state index contributed by atoms with van der Waals surface area (Å²) < 4.78 is 1.71. The minimum atomic E-state index is -0.0810. The van der Waals surface area contributed by atoms with Crippen LogP contribution in [0.1, 0.15) is 13.8 Å². The molecule has 0 spiro atoms. The first-order chi connectivity index (χ1) is 9.65. The lowest BCUT2D eigenvalue weighted by Crippen LogP contribution is -2.33. The molecule has 0 radical (unpaired) electrons. The van der Waals surface area contributed by atoms with Crippen LogP contribution in [0.25, 0.3) is 5.95 Å².